The van der Waals surface area contributed by atoms with E-state index in [2.05, 4.69) is 15.3 Å². The molecular weight excluding hydrogens is 622 g/mol. The van der Waals surface area contributed by atoms with Gasteiger partial charge in [0.05, 0.1) is 34.8 Å². The number of aliphatic hydroxyl groups is 1. The minimum atomic E-state index is -4.69. The number of aryl methyl sites for hydroxylation is 1. The molecular formula is C30H28ClF4N5O3S. The van der Waals surface area contributed by atoms with Crippen molar-refractivity contribution in [2.24, 2.45) is 0 Å². The fourth-order valence-corrected chi connectivity index (χ4v) is 6.44. The molecule has 44 heavy (non-hydrogen) atoms. The number of alkyl halides is 3. The second-order valence-corrected chi connectivity index (χ2v) is 13.5. The van der Waals surface area contributed by atoms with Crippen LogP contribution in [-0.4, -0.2) is 44.3 Å². The molecule has 8 nitrogen and oxygen atoms in total. The lowest BCUT2D eigenvalue weighted by Crippen LogP contribution is -2.25. The Bertz CT molecular complexity index is 1940. The summed E-state index contributed by atoms with van der Waals surface area (Å²) in [6.45, 7) is 4.55. The van der Waals surface area contributed by atoms with Gasteiger partial charge < -0.3 is 9.67 Å². The first-order chi connectivity index (χ1) is 20.5. The van der Waals surface area contributed by atoms with Gasteiger partial charge in [-0.1, -0.05) is 48.4 Å². The van der Waals surface area contributed by atoms with E-state index in [9.17, 15) is 26.7 Å². The van der Waals surface area contributed by atoms with Crippen LogP contribution < -0.4 is 0 Å². The Hall–Kier alpha value is -3.81. The molecule has 4 aromatic rings. The van der Waals surface area contributed by atoms with Gasteiger partial charge in [-0.3, -0.25) is 0 Å². The van der Waals surface area contributed by atoms with Crippen LogP contribution in [0.15, 0.2) is 70.4 Å². The van der Waals surface area contributed by atoms with E-state index < -0.39 is 39.5 Å². The molecule has 1 aliphatic rings. The molecule has 2 aromatic heterocycles. The van der Waals surface area contributed by atoms with Gasteiger partial charge in [-0.15, -0.1) is 5.10 Å². The van der Waals surface area contributed by atoms with Gasteiger partial charge in [-0.25, -0.2) is 22.5 Å². The quantitative estimate of drug-likeness (QED) is 0.226. The van der Waals surface area contributed by atoms with E-state index in [-0.39, 0.29) is 33.2 Å². The smallest absolute Gasteiger partial charge is 0.392 e. The van der Waals surface area contributed by atoms with E-state index in [0.29, 0.717) is 24.1 Å². The summed E-state index contributed by atoms with van der Waals surface area (Å²) in [5.41, 5.74) is 0.616. The first-order valence-electron chi connectivity index (χ1n) is 13.4. The second kappa shape index (κ2) is 11.3. The molecule has 0 atom stereocenters. The standard InChI is InChI=1S/C30H28ClF4N5O3S/c1-17-37-27(30(33,34)35)15-39(17)24-10-5-18(19-11-23(32)22(16-41)26(13-19)44(4,42)43)12-25(24)40-28(14-36-38-40)29(2,3)20-6-8-21(31)9-7-20/h5-6,8,10-15,41H,7,9,16H2,1-4H3. The lowest BCUT2D eigenvalue weighted by molar-refractivity contribution is -0.141. The maximum absolute atomic E-state index is 15.1. The maximum Gasteiger partial charge on any atom is 0.434 e. The van der Waals surface area contributed by atoms with Gasteiger partial charge in [-0.05, 0) is 61.2 Å². The zero-order valence-electron chi connectivity index (χ0n) is 24.1. The topological polar surface area (TPSA) is 103 Å². The normalized spacial score (nSPS) is 14.5. The zero-order valence-corrected chi connectivity index (χ0v) is 25.7. The van der Waals surface area contributed by atoms with Gasteiger partial charge >= 0.3 is 6.18 Å². The molecule has 0 radical (unpaired) electrons. The molecule has 0 saturated heterocycles. The third-order valence-corrected chi connectivity index (χ3v) is 9.25. The van der Waals surface area contributed by atoms with Crippen molar-refractivity contribution in [3.63, 3.8) is 0 Å². The SMILES string of the molecule is Cc1nc(C(F)(F)F)cn1-c1ccc(-c2cc(F)c(CO)c(S(C)(=O)=O)c2)cc1-n1nncc1C(C)(C)C1=CC=C(Cl)CC1. The molecule has 1 N–H and O–H groups in total. The number of benzene rings is 2. The van der Waals surface area contributed by atoms with Crippen molar-refractivity contribution >= 4 is 21.4 Å². The molecule has 0 spiro atoms. The number of halogens is 5. The monoisotopic (exact) mass is 649 g/mol. The Morgan fingerprint density at radius 3 is 2.36 bits per heavy atom. The summed E-state index contributed by atoms with van der Waals surface area (Å²) in [6, 6.07) is 6.98. The van der Waals surface area contributed by atoms with Crippen LogP contribution in [-0.2, 0) is 28.0 Å². The number of imidazole rings is 1. The lowest BCUT2D eigenvalue weighted by Gasteiger charge is -2.30. The summed E-state index contributed by atoms with van der Waals surface area (Å²) < 4.78 is 83.6. The Morgan fingerprint density at radius 2 is 1.77 bits per heavy atom. The minimum Gasteiger partial charge on any atom is -0.392 e. The number of allylic oxidation sites excluding steroid dienone is 4. The number of sulfone groups is 1. The molecule has 5 rings (SSSR count). The second-order valence-electron chi connectivity index (χ2n) is 11.1. The average molecular weight is 650 g/mol. The van der Waals surface area contributed by atoms with E-state index in [0.717, 1.165) is 29.1 Å². The lowest BCUT2D eigenvalue weighted by atomic mass is 9.77. The largest absolute Gasteiger partial charge is 0.434 e. The maximum atomic E-state index is 15.1. The van der Waals surface area contributed by atoms with Gasteiger partial charge in [0.15, 0.2) is 15.5 Å². The molecule has 0 unspecified atom stereocenters. The van der Waals surface area contributed by atoms with Gasteiger partial charge in [0.1, 0.15) is 11.6 Å². The van der Waals surface area contributed by atoms with Crippen LogP contribution in [0.2, 0.25) is 0 Å². The molecule has 2 heterocycles. The van der Waals surface area contributed by atoms with Crippen LogP contribution >= 0.6 is 11.6 Å². The molecule has 232 valence electrons. The van der Waals surface area contributed by atoms with Gasteiger partial charge in [0.25, 0.3) is 0 Å². The Balaban J connectivity index is 1.77. The summed E-state index contributed by atoms with van der Waals surface area (Å²) in [7, 11) is -3.93. The van der Waals surface area contributed by atoms with Crippen LogP contribution in [0.5, 0.6) is 0 Å². The summed E-state index contributed by atoms with van der Waals surface area (Å²) in [5, 5.41) is 18.8. The van der Waals surface area contributed by atoms with Crippen molar-refractivity contribution in [1.82, 2.24) is 24.5 Å². The highest BCUT2D eigenvalue weighted by atomic mass is 35.5. The number of nitrogens with zero attached hydrogens (tertiary/aromatic N) is 5. The molecule has 0 bridgehead atoms. The van der Waals surface area contributed by atoms with E-state index >= 15 is 4.39 Å². The highest BCUT2D eigenvalue weighted by Gasteiger charge is 2.35. The fourth-order valence-electron chi connectivity index (χ4n) is 5.33. The Morgan fingerprint density at radius 1 is 1.05 bits per heavy atom. The average Bonchev–Trinajstić information content (AvgIpc) is 3.60. The molecule has 2 aromatic carbocycles. The van der Waals surface area contributed by atoms with Crippen molar-refractivity contribution in [1.29, 1.82) is 0 Å². The summed E-state index contributed by atoms with van der Waals surface area (Å²) in [4.78, 5) is 3.33. The van der Waals surface area contributed by atoms with Crippen LogP contribution in [0.3, 0.4) is 0 Å². The number of rotatable bonds is 7. The number of aromatic nitrogens is 5. The van der Waals surface area contributed by atoms with Crippen molar-refractivity contribution in [2.75, 3.05) is 6.26 Å². The molecule has 14 heteroatoms. The highest BCUT2D eigenvalue weighted by molar-refractivity contribution is 7.90. The predicted octanol–water partition coefficient (Wildman–Crippen LogP) is 6.60. The van der Waals surface area contributed by atoms with Crippen molar-refractivity contribution in [3.8, 4) is 22.5 Å². The summed E-state index contributed by atoms with van der Waals surface area (Å²) >= 11 is 6.19. The van der Waals surface area contributed by atoms with E-state index in [4.69, 9.17) is 11.6 Å². The zero-order chi connectivity index (χ0) is 32.2. The molecule has 1 aliphatic carbocycles. The third-order valence-electron chi connectivity index (χ3n) is 7.77. The molecule has 0 aliphatic heterocycles. The van der Waals surface area contributed by atoms with Crippen LogP contribution in [0.25, 0.3) is 22.5 Å². The number of aliphatic hydroxyl groups excluding tert-OH is 1. The van der Waals surface area contributed by atoms with Crippen molar-refractivity contribution in [2.45, 2.75) is 56.7 Å². The first-order valence-corrected chi connectivity index (χ1v) is 15.7. The summed E-state index contributed by atoms with van der Waals surface area (Å²) in [5.74, 6) is -0.866. The van der Waals surface area contributed by atoms with Gasteiger partial charge in [0.2, 0.25) is 0 Å². The van der Waals surface area contributed by atoms with Crippen molar-refractivity contribution in [3.05, 3.63) is 94.1 Å². The molecule has 0 amide bonds. The van der Waals surface area contributed by atoms with E-state index in [1.165, 1.54) is 34.4 Å². The molecule has 0 saturated carbocycles. The van der Waals surface area contributed by atoms with E-state index in [1.54, 1.807) is 12.3 Å². The predicted molar refractivity (Wildman–Crippen MR) is 157 cm³/mol. The fraction of sp³-hybridized carbons (Fsp3) is 0.300. The van der Waals surface area contributed by atoms with E-state index in [1.807, 2.05) is 26.0 Å². The first kappa shape index (κ1) is 31.6. The van der Waals surface area contributed by atoms with Crippen LogP contribution in [0.1, 0.15) is 49.5 Å². The Labute approximate surface area is 256 Å². The minimum absolute atomic E-state index is 0.0553. The van der Waals surface area contributed by atoms with Gasteiger partial charge in [-0.2, -0.15) is 13.2 Å². The molecule has 0 fully saturated rings. The third kappa shape index (κ3) is 5.83. The van der Waals surface area contributed by atoms with Crippen LogP contribution in [0.4, 0.5) is 17.6 Å². The van der Waals surface area contributed by atoms with Crippen LogP contribution in [0, 0.1) is 12.7 Å². The van der Waals surface area contributed by atoms with Crippen molar-refractivity contribution < 1.29 is 31.1 Å². The Kier molecular flexibility index (Phi) is 8.10. The number of hydrogen-bond donors (Lipinski definition) is 1. The van der Waals surface area contributed by atoms with Gasteiger partial charge in [0, 0.05) is 28.5 Å². The number of hydrogen-bond acceptors (Lipinski definition) is 6. The summed E-state index contributed by atoms with van der Waals surface area (Å²) in [6.07, 6.45) is 3.72. The highest BCUT2D eigenvalue weighted by Crippen LogP contribution is 2.40.